The predicted octanol–water partition coefficient (Wildman–Crippen LogP) is 1.56. The first kappa shape index (κ1) is 13.4. The number of aromatic nitrogens is 1. The molecule has 2 rings (SSSR count). The van der Waals surface area contributed by atoms with Crippen molar-refractivity contribution in [2.45, 2.75) is 18.6 Å². The van der Waals surface area contributed by atoms with E-state index < -0.39 is 21.4 Å². The largest absolute Gasteiger partial charge is 0.307 e. The lowest BCUT2D eigenvalue weighted by Gasteiger charge is -2.15. The second kappa shape index (κ2) is 4.58. The minimum absolute atomic E-state index is 0.189. The SMILES string of the molecule is Cc1cc(N2CC(S(=O)(=O)F)CC2=O)ncc1Br. The van der Waals surface area contributed by atoms with Gasteiger partial charge in [-0.3, -0.25) is 9.69 Å². The molecule has 1 aromatic heterocycles. The van der Waals surface area contributed by atoms with E-state index in [9.17, 15) is 17.1 Å². The van der Waals surface area contributed by atoms with Crippen LogP contribution in [-0.4, -0.2) is 31.1 Å². The van der Waals surface area contributed by atoms with E-state index in [2.05, 4.69) is 20.9 Å². The quantitative estimate of drug-likeness (QED) is 0.768. The number of rotatable bonds is 2. The van der Waals surface area contributed by atoms with Gasteiger partial charge >= 0.3 is 10.2 Å². The van der Waals surface area contributed by atoms with Gasteiger partial charge in [0.1, 0.15) is 11.1 Å². The van der Waals surface area contributed by atoms with E-state index in [0.29, 0.717) is 5.82 Å². The number of carbonyl (C=O) groups is 1. The van der Waals surface area contributed by atoms with Gasteiger partial charge in [-0.15, -0.1) is 3.89 Å². The van der Waals surface area contributed by atoms with Gasteiger partial charge < -0.3 is 0 Å². The van der Waals surface area contributed by atoms with Crippen LogP contribution in [-0.2, 0) is 15.0 Å². The van der Waals surface area contributed by atoms with Crippen molar-refractivity contribution in [2.75, 3.05) is 11.4 Å². The summed E-state index contributed by atoms with van der Waals surface area (Å²) < 4.78 is 35.3. The molecule has 1 amide bonds. The summed E-state index contributed by atoms with van der Waals surface area (Å²) in [5, 5.41) is -1.30. The van der Waals surface area contributed by atoms with Gasteiger partial charge in [-0.05, 0) is 34.5 Å². The van der Waals surface area contributed by atoms with Crippen molar-refractivity contribution in [3.8, 4) is 0 Å². The first-order valence-electron chi connectivity index (χ1n) is 5.15. The highest BCUT2D eigenvalue weighted by Gasteiger charge is 2.39. The second-order valence-electron chi connectivity index (χ2n) is 4.10. The molecule has 1 saturated heterocycles. The highest BCUT2D eigenvalue weighted by Crippen LogP contribution is 2.26. The topological polar surface area (TPSA) is 67.3 Å². The summed E-state index contributed by atoms with van der Waals surface area (Å²) >= 11 is 3.27. The summed E-state index contributed by atoms with van der Waals surface area (Å²) in [6, 6.07) is 1.65. The van der Waals surface area contributed by atoms with Crippen molar-refractivity contribution < 1.29 is 17.1 Å². The third-order valence-corrected chi connectivity index (χ3v) is 4.74. The predicted molar refractivity (Wildman–Crippen MR) is 67.5 cm³/mol. The third-order valence-electron chi connectivity index (χ3n) is 2.80. The lowest BCUT2D eigenvalue weighted by Crippen LogP contribution is -2.27. The molecule has 0 N–H and O–H groups in total. The van der Waals surface area contributed by atoms with E-state index in [1.165, 1.54) is 11.1 Å². The zero-order chi connectivity index (χ0) is 13.5. The molecule has 1 aliphatic rings. The number of carbonyl (C=O) groups excluding carboxylic acids is 1. The molecule has 98 valence electrons. The monoisotopic (exact) mass is 336 g/mol. The Morgan fingerprint density at radius 3 is 2.72 bits per heavy atom. The lowest BCUT2D eigenvalue weighted by molar-refractivity contribution is -0.117. The number of hydrogen-bond acceptors (Lipinski definition) is 4. The number of hydrogen-bond donors (Lipinski definition) is 0. The van der Waals surface area contributed by atoms with Gasteiger partial charge in [0.25, 0.3) is 0 Å². The van der Waals surface area contributed by atoms with Gasteiger partial charge in [-0.2, -0.15) is 8.42 Å². The molecule has 1 aliphatic heterocycles. The number of nitrogens with zero attached hydrogens (tertiary/aromatic N) is 2. The number of pyridine rings is 1. The summed E-state index contributed by atoms with van der Waals surface area (Å²) in [6.07, 6.45) is 1.19. The van der Waals surface area contributed by atoms with Crippen LogP contribution in [0.1, 0.15) is 12.0 Å². The molecular weight excluding hydrogens is 327 g/mol. The first-order valence-corrected chi connectivity index (χ1v) is 7.39. The van der Waals surface area contributed by atoms with E-state index in [-0.39, 0.29) is 13.0 Å². The standard InChI is InChI=1S/C10H10BrFN2O3S/c1-6-2-9(13-4-8(6)11)14-5-7(3-10(14)15)18(12,16)17/h2,4,7H,3,5H2,1H3. The maximum absolute atomic E-state index is 12.9. The normalized spacial score (nSPS) is 20.5. The zero-order valence-corrected chi connectivity index (χ0v) is 11.8. The van der Waals surface area contributed by atoms with Crippen molar-refractivity contribution in [1.82, 2.24) is 4.98 Å². The van der Waals surface area contributed by atoms with E-state index in [0.717, 1.165) is 10.0 Å². The number of halogens is 2. The van der Waals surface area contributed by atoms with Crippen LogP contribution in [0.5, 0.6) is 0 Å². The Kier molecular flexibility index (Phi) is 3.41. The van der Waals surface area contributed by atoms with Crippen LogP contribution in [0.4, 0.5) is 9.70 Å². The van der Waals surface area contributed by atoms with Gasteiger partial charge in [-0.25, -0.2) is 4.98 Å². The van der Waals surface area contributed by atoms with E-state index in [1.807, 2.05) is 6.92 Å². The Morgan fingerprint density at radius 1 is 1.56 bits per heavy atom. The minimum atomic E-state index is -4.69. The molecule has 18 heavy (non-hydrogen) atoms. The van der Waals surface area contributed by atoms with Gasteiger partial charge in [0.15, 0.2) is 0 Å². The third kappa shape index (κ3) is 2.54. The smallest absolute Gasteiger partial charge is 0.295 e. The van der Waals surface area contributed by atoms with Gasteiger partial charge in [-0.1, -0.05) is 0 Å². The fraction of sp³-hybridized carbons (Fsp3) is 0.400. The van der Waals surface area contributed by atoms with E-state index in [4.69, 9.17) is 0 Å². The summed E-state index contributed by atoms with van der Waals surface area (Å²) in [5.74, 6) is -0.0951. The summed E-state index contributed by atoms with van der Waals surface area (Å²) in [4.78, 5) is 16.9. The van der Waals surface area contributed by atoms with Crippen LogP contribution in [0.25, 0.3) is 0 Å². The Balaban J connectivity index is 2.30. The fourth-order valence-electron chi connectivity index (χ4n) is 1.76. The molecule has 0 bridgehead atoms. The van der Waals surface area contributed by atoms with Crippen molar-refractivity contribution in [2.24, 2.45) is 0 Å². The molecule has 2 heterocycles. The molecule has 0 radical (unpaired) electrons. The molecule has 1 aromatic rings. The fourth-order valence-corrected chi connectivity index (χ4v) is 2.64. The van der Waals surface area contributed by atoms with Gasteiger partial charge in [0.05, 0.1) is 0 Å². The molecule has 1 atom stereocenters. The highest BCUT2D eigenvalue weighted by atomic mass is 79.9. The summed E-state index contributed by atoms with van der Waals surface area (Å²) in [5.41, 5.74) is 0.861. The Hall–Kier alpha value is -1.02. The molecule has 0 saturated carbocycles. The van der Waals surface area contributed by atoms with Crippen LogP contribution >= 0.6 is 15.9 Å². The van der Waals surface area contributed by atoms with Crippen molar-refractivity contribution >= 4 is 37.9 Å². The van der Waals surface area contributed by atoms with Crippen LogP contribution in [0.15, 0.2) is 16.7 Å². The summed E-state index contributed by atoms with van der Waals surface area (Å²) in [6.45, 7) is 1.63. The van der Waals surface area contributed by atoms with Gasteiger partial charge in [0, 0.05) is 23.6 Å². The van der Waals surface area contributed by atoms with Crippen LogP contribution in [0.3, 0.4) is 0 Å². The molecule has 0 aliphatic carbocycles. The van der Waals surface area contributed by atoms with Gasteiger partial charge in [0.2, 0.25) is 5.91 Å². The number of anilines is 1. The first-order chi connectivity index (χ1) is 8.29. The van der Waals surface area contributed by atoms with Crippen molar-refractivity contribution in [3.05, 3.63) is 22.3 Å². The molecule has 1 unspecified atom stereocenters. The highest BCUT2D eigenvalue weighted by molar-refractivity contribution is 9.10. The second-order valence-corrected chi connectivity index (χ2v) is 6.57. The Morgan fingerprint density at radius 2 is 2.22 bits per heavy atom. The van der Waals surface area contributed by atoms with Crippen molar-refractivity contribution in [1.29, 1.82) is 0 Å². The Labute approximate surface area is 112 Å². The van der Waals surface area contributed by atoms with Crippen LogP contribution < -0.4 is 4.90 Å². The van der Waals surface area contributed by atoms with Crippen molar-refractivity contribution in [3.63, 3.8) is 0 Å². The molecule has 0 aromatic carbocycles. The summed E-state index contributed by atoms with van der Waals surface area (Å²) in [7, 11) is -4.69. The molecule has 5 nitrogen and oxygen atoms in total. The maximum atomic E-state index is 12.9. The van der Waals surface area contributed by atoms with Crippen LogP contribution in [0.2, 0.25) is 0 Å². The number of aryl methyl sites for hydroxylation is 1. The molecule has 8 heteroatoms. The number of amides is 1. The molecule has 0 spiro atoms. The lowest BCUT2D eigenvalue weighted by atomic mass is 10.3. The average Bonchev–Trinajstić information content (AvgIpc) is 2.64. The maximum Gasteiger partial charge on any atom is 0.307 e. The van der Waals surface area contributed by atoms with E-state index >= 15 is 0 Å². The average molecular weight is 337 g/mol. The Bertz CT molecular complexity index is 605. The molecule has 1 fully saturated rings. The van der Waals surface area contributed by atoms with Crippen LogP contribution in [0, 0.1) is 6.92 Å². The van der Waals surface area contributed by atoms with E-state index in [1.54, 1.807) is 6.07 Å². The molecular formula is C10H10BrFN2O3S. The zero-order valence-electron chi connectivity index (χ0n) is 9.43. The minimum Gasteiger partial charge on any atom is -0.295 e.